The first-order valence-corrected chi connectivity index (χ1v) is 6.23. The fraction of sp³-hybridized carbons (Fsp3) is 0.583. The summed E-state index contributed by atoms with van der Waals surface area (Å²) >= 11 is 3.43. The highest BCUT2D eigenvalue weighted by Crippen LogP contribution is 2.20. The lowest BCUT2D eigenvalue weighted by Gasteiger charge is -2.29. The second kappa shape index (κ2) is 5.15. The van der Waals surface area contributed by atoms with Crippen LogP contribution in [0.5, 0.6) is 0 Å². The van der Waals surface area contributed by atoms with Crippen LogP contribution in [0.2, 0.25) is 0 Å². The molecule has 1 aromatic rings. The van der Waals surface area contributed by atoms with Crippen molar-refractivity contribution in [2.45, 2.75) is 33.3 Å². The third-order valence-electron chi connectivity index (χ3n) is 2.29. The predicted octanol–water partition coefficient (Wildman–Crippen LogP) is 2.75. The molecular formula is C12H19BrN2O. The molecular weight excluding hydrogens is 268 g/mol. The molecule has 0 fully saturated rings. The molecule has 0 bridgehead atoms. The molecule has 0 saturated carbocycles. The van der Waals surface area contributed by atoms with Crippen molar-refractivity contribution < 1.29 is 5.11 Å². The molecule has 4 heteroatoms. The SMILES string of the molecule is CCN(CC(C)(C)O)c1ccc(Br)c(C)n1. The summed E-state index contributed by atoms with van der Waals surface area (Å²) in [6.07, 6.45) is 0. The number of anilines is 1. The van der Waals surface area contributed by atoms with Crippen molar-refractivity contribution in [3.63, 3.8) is 0 Å². The molecule has 16 heavy (non-hydrogen) atoms. The highest BCUT2D eigenvalue weighted by Gasteiger charge is 2.18. The summed E-state index contributed by atoms with van der Waals surface area (Å²) in [5.74, 6) is 0.908. The van der Waals surface area contributed by atoms with E-state index in [-0.39, 0.29) is 0 Å². The van der Waals surface area contributed by atoms with Gasteiger partial charge in [0, 0.05) is 17.6 Å². The number of hydrogen-bond acceptors (Lipinski definition) is 3. The molecule has 1 heterocycles. The Bertz CT molecular complexity index is 361. The maximum atomic E-state index is 9.83. The van der Waals surface area contributed by atoms with Crippen LogP contribution in [0.1, 0.15) is 26.5 Å². The van der Waals surface area contributed by atoms with Gasteiger partial charge in [0.25, 0.3) is 0 Å². The van der Waals surface area contributed by atoms with Gasteiger partial charge in [-0.2, -0.15) is 0 Å². The summed E-state index contributed by atoms with van der Waals surface area (Å²) in [5, 5.41) is 9.83. The summed E-state index contributed by atoms with van der Waals surface area (Å²) in [6.45, 7) is 9.05. The molecule has 0 unspecified atom stereocenters. The fourth-order valence-corrected chi connectivity index (χ4v) is 1.75. The van der Waals surface area contributed by atoms with Crippen LogP contribution in [-0.2, 0) is 0 Å². The molecule has 1 aromatic heterocycles. The minimum Gasteiger partial charge on any atom is -0.389 e. The monoisotopic (exact) mass is 286 g/mol. The van der Waals surface area contributed by atoms with Crippen molar-refractivity contribution in [1.82, 2.24) is 4.98 Å². The van der Waals surface area contributed by atoms with E-state index < -0.39 is 5.60 Å². The second-order valence-corrected chi connectivity index (χ2v) is 5.42. The minimum absolute atomic E-state index is 0.581. The van der Waals surface area contributed by atoms with E-state index in [0.717, 1.165) is 22.5 Å². The first-order chi connectivity index (χ1) is 7.33. The smallest absolute Gasteiger partial charge is 0.128 e. The number of aliphatic hydroxyl groups is 1. The molecule has 3 nitrogen and oxygen atoms in total. The maximum absolute atomic E-state index is 9.83. The first-order valence-electron chi connectivity index (χ1n) is 5.44. The van der Waals surface area contributed by atoms with Crippen LogP contribution in [0, 0.1) is 6.92 Å². The molecule has 0 aliphatic heterocycles. The fourth-order valence-electron chi connectivity index (χ4n) is 1.53. The Kier molecular flexibility index (Phi) is 4.33. The highest BCUT2D eigenvalue weighted by molar-refractivity contribution is 9.10. The number of likely N-dealkylation sites (N-methyl/N-ethyl adjacent to an activating group) is 1. The number of pyridine rings is 1. The van der Waals surface area contributed by atoms with Crippen LogP contribution in [0.25, 0.3) is 0 Å². The lowest BCUT2D eigenvalue weighted by atomic mass is 10.1. The van der Waals surface area contributed by atoms with Crippen LogP contribution in [-0.4, -0.2) is 28.8 Å². The van der Waals surface area contributed by atoms with Crippen molar-refractivity contribution in [1.29, 1.82) is 0 Å². The van der Waals surface area contributed by atoms with E-state index in [9.17, 15) is 5.11 Å². The van der Waals surface area contributed by atoms with Gasteiger partial charge in [-0.3, -0.25) is 0 Å². The average molecular weight is 287 g/mol. The van der Waals surface area contributed by atoms with Crippen LogP contribution >= 0.6 is 15.9 Å². The summed E-state index contributed by atoms with van der Waals surface area (Å²) in [6, 6.07) is 3.96. The average Bonchev–Trinajstić information content (AvgIpc) is 2.17. The third kappa shape index (κ3) is 3.76. The van der Waals surface area contributed by atoms with Gasteiger partial charge in [0.1, 0.15) is 5.82 Å². The zero-order valence-electron chi connectivity index (χ0n) is 10.3. The van der Waals surface area contributed by atoms with Gasteiger partial charge in [0.05, 0.1) is 11.3 Å². The summed E-state index contributed by atoms with van der Waals surface area (Å²) in [5.41, 5.74) is 0.255. The van der Waals surface area contributed by atoms with Crippen molar-refractivity contribution in [2.24, 2.45) is 0 Å². The Morgan fingerprint density at radius 3 is 2.50 bits per heavy atom. The van der Waals surface area contributed by atoms with Gasteiger partial charge >= 0.3 is 0 Å². The van der Waals surface area contributed by atoms with E-state index in [1.54, 1.807) is 13.8 Å². The van der Waals surface area contributed by atoms with Gasteiger partial charge in [0.2, 0.25) is 0 Å². The van der Waals surface area contributed by atoms with Crippen molar-refractivity contribution >= 4 is 21.7 Å². The lowest BCUT2D eigenvalue weighted by molar-refractivity contribution is 0.0874. The van der Waals surface area contributed by atoms with E-state index in [4.69, 9.17) is 0 Å². The topological polar surface area (TPSA) is 36.4 Å². The van der Waals surface area contributed by atoms with E-state index in [0.29, 0.717) is 6.54 Å². The summed E-state index contributed by atoms with van der Waals surface area (Å²) in [4.78, 5) is 6.56. The van der Waals surface area contributed by atoms with Crippen LogP contribution < -0.4 is 4.90 Å². The van der Waals surface area contributed by atoms with Gasteiger partial charge in [-0.05, 0) is 55.8 Å². The quantitative estimate of drug-likeness (QED) is 0.925. The lowest BCUT2D eigenvalue weighted by Crippen LogP contribution is -2.39. The van der Waals surface area contributed by atoms with Gasteiger partial charge in [-0.1, -0.05) is 0 Å². The molecule has 0 aliphatic carbocycles. The van der Waals surface area contributed by atoms with Crippen molar-refractivity contribution in [2.75, 3.05) is 18.0 Å². The van der Waals surface area contributed by atoms with Crippen LogP contribution in [0.15, 0.2) is 16.6 Å². The van der Waals surface area contributed by atoms with Crippen LogP contribution in [0.4, 0.5) is 5.82 Å². The maximum Gasteiger partial charge on any atom is 0.128 e. The van der Waals surface area contributed by atoms with Gasteiger partial charge in [-0.15, -0.1) is 0 Å². The molecule has 0 amide bonds. The molecule has 0 spiro atoms. The molecule has 1 rings (SSSR count). The standard InChI is InChI=1S/C12H19BrN2O/c1-5-15(8-12(3,4)16)11-7-6-10(13)9(2)14-11/h6-7,16H,5,8H2,1-4H3. The second-order valence-electron chi connectivity index (χ2n) is 4.56. The zero-order valence-corrected chi connectivity index (χ0v) is 11.9. The summed E-state index contributed by atoms with van der Waals surface area (Å²) in [7, 11) is 0. The molecule has 90 valence electrons. The minimum atomic E-state index is -0.710. The van der Waals surface area contributed by atoms with Gasteiger partial charge in [0.15, 0.2) is 0 Å². The number of halogens is 1. The predicted molar refractivity (Wildman–Crippen MR) is 70.9 cm³/mol. The van der Waals surface area contributed by atoms with E-state index in [1.807, 2.05) is 19.1 Å². The van der Waals surface area contributed by atoms with Gasteiger partial charge in [-0.25, -0.2) is 4.98 Å². The Balaban J connectivity index is 2.91. The normalized spacial score (nSPS) is 11.6. The number of aryl methyl sites for hydroxylation is 1. The Labute approximate surface area is 106 Å². The molecule has 0 atom stereocenters. The van der Waals surface area contributed by atoms with Crippen molar-refractivity contribution in [3.05, 3.63) is 22.3 Å². The summed E-state index contributed by atoms with van der Waals surface area (Å²) < 4.78 is 1.01. The third-order valence-corrected chi connectivity index (χ3v) is 3.13. The zero-order chi connectivity index (χ0) is 12.3. The Morgan fingerprint density at radius 1 is 1.44 bits per heavy atom. The number of aromatic nitrogens is 1. The number of nitrogens with zero attached hydrogens (tertiary/aromatic N) is 2. The molecule has 0 saturated heterocycles. The van der Waals surface area contributed by atoms with Crippen LogP contribution in [0.3, 0.4) is 0 Å². The van der Waals surface area contributed by atoms with Gasteiger partial charge < -0.3 is 10.0 Å². The molecule has 0 aliphatic rings. The van der Waals surface area contributed by atoms with E-state index in [2.05, 4.69) is 32.7 Å². The number of rotatable bonds is 4. The Hall–Kier alpha value is -0.610. The van der Waals surface area contributed by atoms with E-state index in [1.165, 1.54) is 0 Å². The number of hydrogen-bond donors (Lipinski definition) is 1. The highest BCUT2D eigenvalue weighted by atomic mass is 79.9. The molecule has 0 aromatic carbocycles. The molecule has 1 N–H and O–H groups in total. The first kappa shape index (κ1) is 13.5. The van der Waals surface area contributed by atoms with E-state index >= 15 is 0 Å². The Morgan fingerprint density at radius 2 is 2.06 bits per heavy atom. The van der Waals surface area contributed by atoms with Crippen molar-refractivity contribution in [3.8, 4) is 0 Å². The molecule has 0 radical (unpaired) electrons. The largest absolute Gasteiger partial charge is 0.389 e.